The van der Waals surface area contributed by atoms with E-state index in [1.807, 2.05) is 17.5 Å². The second-order valence-electron chi connectivity index (χ2n) is 4.52. The Balaban J connectivity index is 1.74. The fourth-order valence-electron chi connectivity index (χ4n) is 1.82. The third-order valence-corrected chi connectivity index (χ3v) is 4.72. The van der Waals surface area contributed by atoms with Gasteiger partial charge in [-0.1, -0.05) is 6.07 Å². The smallest absolute Gasteiger partial charge is 0.341 e. The maximum absolute atomic E-state index is 11.7. The van der Waals surface area contributed by atoms with Gasteiger partial charge in [0, 0.05) is 4.88 Å². The normalized spacial score (nSPS) is 10.5. The van der Waals surface area contributed by atoms with Crippen LogP contribution in [0.3, 0.4) is 0 Å². The van der Waals surface area contributed by atoms with Gasteiger partial charge < -0.3 is 14.5 Å². The molecule has 0 bridgehead atoms. The Bertz CT molecular complexity index is 634. The van der Waals surface area contributed by atoms with E-state index in [0.29, 0.717) is 35.1 Å². The summed E-state index contributed by atoms with van der Waals surface area (Å²) < 4.78 is 10.2. The molecule has 118 valence electrons. The SMILES string of the molecule is COC(=O)c1cc(CSCC(=O)NCc2cccs2)oc1C. The molecule has 0 aliphatic heterocycles. The van der Waals surface area contributed by atoms with Crippen molar-refractivity contribution in [2.45, 2.75) is 19.2 Å². The first-order valence-corrected chi connectivity index (χ1v) is 8.68. The number of hydrogen-bond donors (Lipinski definition) is 1. The highest BCUT2D eigenvalue weighted by Gasteiger charge is 2.15. The number of nitrogens with one attached hydrogen (secondary N) is 1. The van der Waals surface area contributed by atoms with E-state index in [1.165, 1.54) is 18.9 Å². The van der Waals surface area contributed by atoms with E-state index in [9.17, 15) is 9.59 Å². The summed E-state index contributed by atoms with van der Waals surface area (Å²) in [6, 6.07) is 5.61. The average Bonchev–Trinajstić information content (AvgIpc) is 3.14. The molecule has 1 N–H and O–H groups in total. The summed E-state index contributed by atoms with van der Waals surface area (Å²) in [6.07, 6.45) is 0. The molecule has 2 rings (SSSR count). The summed E-state index contributed by atoms with van der Waals surface area (Å²) in [4.78, 5) is 24.3. The number of carbonyl (C=O) groups excluding carboxylic acids is 2. The van der Waals surface area contributed by atoms with Crippen molar-refractivity contribution in [3.05, 3.63) is 45.5 Å². The summed E-state index contributed by atoms with van der Waals surface area (Å²) in [5.74, 6) is 1.64. The molecule has 7 heteroatoms. The summed E-state index contributed by atoms with van der Waals surface area (Å²) >= 11 is 3.05. The number of ether oxygens (including phenoxy) is 1. The first-order valence-electron chi connectivity index (χ1n) is 6.64. The average molecular weight is 339 g/mol. The minimum atomic E-state index is -0.411. The highest BCUT2D eigenvalue weighted by molar-refractivity contribution is 7.99. The number of methoxy groups -OCH3 is 1. The third kappa shape index (κ3) is 4.64. The van der Waals surface area contributed by atoms with Crippen molar-refractivity contribution >= 4 is 35.0 Å². The van der Waals surface area contributed by atoms with Gasteiger partial charge in [0.2, 0.25) is 5.91 Å². The molecular formula is C15H17NO4S2. The zero-order chi connectivity index (χ0) is 15.9. The van der Waals surface area contributed by atoms with Gasteiger partial charge in [0.15, 0.2) is 0 Å². The summed E-state index contributed by atoms with van der Waals surface area (Å²) in [5.41, 5.74) is 0.431. The lowest BCUT2D eigenvalue weighted by Gasteiger charge is -2.02. The molecule has 2 aromatic heterocycles. The van der Waals surface area contributed by atoms with E-state index in [0.717, 1.165) is 4.88 Å². The van der Waals surface area contributed by atoms with E-state index < -0.39 is 5.97 Å². The lowest BCUT2D eigenvalue weighted by atomic mass is 10.2. The van der Waals surface area contributed by atoms with Crippen LogP contribution in [0.5, 0.6) is 0 Å². The Morgan fingerprint density at radius 1 is 1.45 bits per heavy atom. The third-order valence-electron chi connectivity index (χ3n) is 2.89. The van der Waals surface area contributed by atoms with Gasteiger partial charge >= 0.3 is 5.97 Å². The Labute approximate surface area is 137 Å². The van der Waals surface area contributed by atoms with Crippen molar-refractivity contribution in [2.24, 2.45) is 0 Å². The predicted octanol–water partition coefficient (Wildman–Crippen LogP) is 2.99. The zero-order valence-electron chi connectivity index (χ0n) is 12.4. The van der Waals surface area contributed by atoms with Crippen LogP contribution in [0, 0.1) is 6.92 Å². The molecule has 0 aromatic carbocycles. The molecule has 0 fully saturated rings. The molecule has 0 aliphatic rings. The molecule has 0 saturated carbocycles. The van der Waals surface area contributed by atoms with Crippen molar-refractivity contribution in [2.75, 3.05) is 12.9 Å². The predicted molar refractivity (Wildman–Crippen MR) is 87.1 cm³/mol. The van der Waals surface area contributed by atoms with Gasteiger partial charge in [-0.15, -0.1) is 23.1 Å². The second kappa shape index (κ2) is 8.05. The fourth-order valence-corrected chi connectivity index (χ4v) is 3.20. The maximum Gasteiger partial charge on any atom is 0.341 e. The molecule has 2 aromatic rings. The molecule has 0 saturated heterocycles. The number of esters is 1. The molecule has 22 heavy (non-hydrogen) atoms. The summed E-state index contributed by atoms with van der Waals surface area (Å²) in [5, 5.41) is 4.84. The minimum Gasteiger partial charge on any atom is -0.465 e. The van der Waals surface area contributed by atoms with Crippen LogP contribution < -0.4 is 5.32 Å². The highest BCUT2D eigenvalue weighted by atomic mass is 32.2. The number of rotatable bonds is 7. The van der Waals surface area contributed by atoms with Crippen LogP contribution in [0.25, 0.3) is 0 Å². The standard InChI is InChI=1S/C15H17NO4S2/c1-10-13(15(18)19-2)6-11(20-10)8-21-9-14(17)16-7-12-4-3-5-22-12/h3-6H,7-9H2,1-2H3,(H,16,17). The molecule has 0 spiro atoms. The van der Waals surface area contributed by atoms with Crippen LogP contribution in [0.2, 0.25) is 0 Å². The number of thiophene rings is 1. The fraction of sp³-hybridized carbons (Fsp3) is 0.333. The van der Waals surface area contributed by atoms with E-state index >= 15 is 0 Å². The van der Waals surface area contributed by atoms with Gasteiger partial charge in [-0.3, -0.25) is 4.79 Å². The van der Waals surface area contributed by atoms with Crippen LogP contribution >= 0.6 is 23.1 Å². The molecule has 1 amide bonds. The van der Waals surface area contributed by atoms with Gasteiger partial charge in [-0.25, -0.2) is 4.79 Å². The van der Waals surface area contributed by atoms with Crippen LogP contribution in [0.15, 0.2) is 28.0 Å². The topological polar surface area (TPSA) is 68.5 Å². The van der Waals surface area contributed by atoms with Crippen LogP contribution in [-0.2, 0) is 21.8 Å². The lowest BCUT2D eigenvalue weighted by Crippen LogP contribution is -2.24. The van der Waals surface area contributed by atoms with Crippen molar-refractivity contribution in [3.63, 3.8) is 0 Å². The first kappa shape index (κ1) is 16.6. The van der Waals surface area contributed by atoms with Crippen molar-refractivity contribution in [1.29, 1.82) is 0 Å². The first-order chi connectivity index (χ1) is 10.6. The Morgan fingerprint density at radius 2 is 2.27 bits per heavy atom. The molecule has 0 radical (unpaired) electrons. The number of amides is 1. The molecule has 0 aliphatic carbocycles. The van der Waals surface area contributed by atoms with Gasteiger partial charge in [0.1, 0.15) is 17.1 Å². The largest absolute Gasteiger partial charge is 0.465 e. The van der Waals surface area contributed by atoms with Gasteiger partial charge in [-0.2, -0.15) is 0 Å². The quantitative estimate of drug-likeness (QED) is 0.786. The Kier molecular flexibility index (Phi) is 6.09. The molecule has 0 atom stereocenters. The Hall–Kier alpha value is -1.73. The molecule has 0 unspecified atom stereocenters. The minimum absolute atomic E-state index is 0.0186. The van der Waals surface area contributed by atoms with Crippen molar-refractivity contribution in [3.8, 4) is 0 Å². The summed E-state index contributed by atoms with van der Waals surface area (Å²) in [6.45, 7) is 2.28. The zero-order valence-corrected chi connectivity index (χ0v) is 14.0. The van der Waals surface area contributed by atoms with Crippen molar-refractivity contribution < 1.29 is 18.7 Å². The van der Waals surface area contributed by atoms with Crippen LogP contribution in [0.4, 0.5) is 0 Å². The second-order valence-corrected chi connectivity index (χ2v) is 6.54. The number of thioether (sulfide) groups is 1. The van der Waals surface area contributed by atoms with E-state index in [4.69, 9.17) is 4.42 Å². The molecule has 2 heterocycles. The van der Waals surface area contributed by atoms with Gasteiger partial charge in [0.25, 0.3) is 0 Å². The number of aryl methyl sites for hydroxylation is 1. The van der Waals surface area contributed by atoms with E-state index in [-0.39, 0.29) is 5.91 Å². The van der Waals surface area contributed by atoms with Crippen LogP contribution in [-0.4, -0.2) is 24.7 Å². The van der Waals surface area contributed by atoms with Crippen molar-refractivity contribution in [1.82, 2.24) is 5.32 Å². The Morgan fingerprint density at radius 3 is 2.95 bits per heavy atom. The lowest BCUT2D eigenvalue weighted by molar-refractivity contribution is -0.118. The molecule has 5 nitrogen and oxygen atoms in total. The van der Waals surface area contributed by atoms with E-state index in [1.54, 1.807) is 24.3 Å². The van der Waals surface area contributed by atoms with Gasteiger partial charge in [-0.05, 0) is 24.4 Å². The highest BCUT2D eigenvalue weighted by Crippen LogP contribution is 2.20. The molecular weight excluding hydrogens is 322 g/mol. The maximum atomic E-state index is 11.7. The number of hydrogen-bond acceptors (Lipinski definition) is 6. The van der Waals surface area contributed by atoms with Gasteiger partial charge in [0.05, 0.1) is 25.2 Å². The number of furan rings is 1. The number of carbonyl (C=O) groups is 2. The van der Waals surface area contributed by atoms with Crippen LogP contribution in [0.1, 0.15) is 26.8 Å². The monoisotopic (exact) mass is 339 g/mol. The summed E-state index contributed by atoms with van der Waals surface area (Å²) in [7, 11) is 1.33. The van der Waals surface area contributed by atoms with E-state index in [2.05, 4.69) is 10.1 Å².